The molecular formula is C41H64NO6Si. The van der Waals surface area contributed by atoms with E-state index in [0.717, 1.165) is 55.6 Å². The summed E-state index contributed by atoms with van der Waals surface area (Å²) in [5.41, 5.74) is 1.71. The highest BCUT2D eigenvalue weighted by atomic mass is 28.3. The number of ether oxygens (including phenoxy) is 2. The van der Waals surface area contributed by atoms with Gasteiger partial charge in [0.2, 0.25) is 5.91 Å². The molecule has 2 fully saturated rings. The van der Waals surface area contributed by atoms with Crippen molar-refractivity contribution >= 4 is 14.9 Å². The molecule has 2 aliphatic rings. The van der Waals surface area contributed by atoms with Gasteiger partial charge in [0.25, 0.3) is 14.8 Å². The SMILES string of the molecule is C[Si](C)Oc1c(C(C)(C)C)cccc1C12OCC(C)(C)C1(C(C)(C)COCCCCCCCCCCC(=O)NCCc1ccccc1)OO2. The van der Waals surface area contributed by atoms with Crippen LogP contribution in [0.5, 0.6) is 5.75 Å². The molecule has 1 N–H and O–H groups in total. The van der Waals surface area contributed by atoms with Gasteiger partial charge in [-0.1, -0.05) is 129 Å². The van der Waals surface area contributed by atoms with Gasteiger partial charge >= 0.3 is 0 Å². The van der Waals surface area contributed by atoms with Crippen molar-refractivity contribution in [1.82, 2.24) is 5.32 Å². The highest BCUT2D eigenvalue weighted by molar-refractivity contribution is 6.49. The maximum Gasteiger partial charge on any atom is 0.274 e. The standard InChI is InChI=1S/C41H64NO6Si/c1-37(2,3)33-24-21-25-34(36(33)46-49(8)9)40-41(48-47-40,39(6,7)31-45-40)38(4,5)30-44-29-20-15-13-11-10-12-14-19-26-35(43)42-28-27-32-22-17-16-18-23-32/h16-18,21-25H,10-15,19-20,26-31H2,1-9H3,(H,42,43). The predicted molar refractivity (Wildman–Crippen MR) is 199 cm³/mol. The summed E-state index contributed by atoms with van der Waals surface area (Å²) in [6.45, 7) is 22.3. The Morgan fingerprint density at radius 1 is 0.857 bits per heavy atom. The molecule has 273 valence electrons. The summed E-state index contributed by atoms with van der Waals surface area (Å²) in [6.07, 6.45) is 10.7. The van der Waals surface area contributed by atoms with Crippen LogP contribution in [0.1, 0.15) is 123 Å². The highest BCUT2D eigenvalue weighted by Gasteiger charge is 2.82. The second-order valence-electron chi connectivity index (χ2n) is 16.7. The van der Waals surface area contributed by atoms with Gasteiger partial charge in [-0.3, -0.25) is 4.79 Å². The van der Waals surface area contributed by atoms with Crippen LogP contribution in [0.3, 0.4) is 0 Å². The van der Waals surface area contributed by atoms with E-state index in [-0.39, 0.29) is 16.7 Å². The fourth-order valence-electron chi connectivity index (χ4n) is 7.81. The Kier molecular flexibility index (Phi) is 13.6. The summed E-state index contributed by atoms with van der Waals surface area (Å²) >= 11 is 0. The topological polar surface area (TPSA) is 75.3 Å². The third-order valence-electron chi connectivity index (χ3n) is 10.3. The van der Waals surface area contributed by atoms with Crippen molar-refractivity contribution in [1.29, 1.82) is 0 Å². The molecule has 0 aliphatic carbocycles. The summed E-state index contributed by atoms with van der Waals surface area (Å²) in [6, 6.07) is 16.6. The number of amides is 1. The lowest BCUT2D eigenvalue weighted by Crippen LogP contribution is -2.74. The molecule has 0 bridgehead atoms. The Bertz CT molecular complexity index is 1340. The van der Waals surface area contributed by atoms with E-state index < -0.39 is 25.8 Å². The lowest BCUT2D eigenvalue weighted by Gasteiger charge is -2.61. The molecule has 2 aromatic rings. The number of para-hydroxylation sites is 1. The second-order valence-corrected chi connectivity index (χ2v) is 18.7. The Morgan fingerprint density at radius 3 is 2.12 bits per heavy atom. The Morgan fingerprint density at radius 2 is 1.51 bits per heavy atom. The number of nitrogens with one attached hydrogen (secondary N) is 1. The van der Waals surface area contributed by atoms with Crippen LogP contribution in [-0.2, 0) is 41.7 Å². The van der Waals surface area contributed by atoms with Gasteiger partial charge in [-0.05, 0) is 55.0 Å². The molecule has 2 atom stereocenters. The van der Waals surface area contributed by atoms with Crippen molar-refractivity contribution < 1.29 is 28.5 Å². The number of unbranched alkanes of at least 4 members (excludes halogenated alkanes) is 7. The number of fused-ring (bicyclic) bond motifs is 1. The monoisotopic (exact) mass is 694 g/mol. The van der Waals surface area contributed by atoms with Gasteiger partial charge in [-0.25, -0.2) is 4.89 Å². The predicted octanol–water partition coefficient (Wildman–Crippen LogP) is 9.44. The lowest BCUT2D eigenvalue weighted by atomic mass is 9.57. The van der Waals surface area contributed by atoms with Gasteiger partial charge in [-0.15, -0.1) is 0 Å². The molecule has 0 saturated carbocycles. The number of hydrogen-bond donors (Lipinski definition) is 1. The fourth-order valence-corrected chi connectivity index (χ4v) is 8.44. The third kappa shape index (κ3) is 8.99. The van der Waals surface area contributed by atoms with E-state index in [1.807, 2.05) is 18.2 Å². The van der Waals surface area contributed by atoms with E-state index in [1.54, 1.807) is 0 Å². The first-order valence-corrected chi connectivity index (χ1v) is 21.1. The maximum absolute atomic E-state index is 12.1. The molecule has 49 heavy (non-hydrogen) atoms. The quantitative estimate of drug-likeness (QED) is 0.0846. The molecule has 0 spiro atoms. The second kappa shape index (κ2) is 16.9. The van der Waals surface area contributed by atoms with Crippen molar-refractivity contribution in [2.45, 2.75) is 143 Å². The first-order chi connectivity index (χ1) is 23.2. The molecule has 0 aromatic heterocycles. The minimum Gasteiger partial charge on any atom is -0.542 e. The zero-order chi connectivity index (χ0) is 35.8. The first kappa shape index (κ1) is 39.6. The molecule has 2 saturated heterocycles. The number of carbonyl (C=O) groups is 1. The minimum atomic E-state index is -1.08. The van der Waals surface area contributed by atoms with E-state index >= 15 is 0 Å². The lowest BCUT2D eigenvalue weighted by molar-refractivity contribution is -0.628. The van der Waals surface area contributed by atoms with E-state index in [4.69, 9.17) is 23.7 Å². The van der Waals surface area contributed by atoms with Crippen LogP contribution < -0.4 is 9.74 Å². The average molecular weight is 695 g/mol. The Hall–Kier alpha value is -2.23. The third-order valence-corrected chi connectivity index (χ3v) is 10.9. The van der Waals surface area contributed by atoms with E-state index in [0.29, 0.717) is 26.2 Å². The molecule has 2 unspecified atom stereocenters. The molecule has 1 radical (unpaired) electrons. The van der Waals surface area contributed by atoms with Crippen molar-refractivity contribution in [3.63, 3.8) is 0 Å². The van der Waals surface area contributed by atoms with Gasteiger partial charge in [0, 0.05) is 30.4 Å². The molecule has 1 amide bonds. The van der Waals surface area contributed by atoms with E-state index in [1.165, 1.54) is 31.2 Å². The van der Waals surface area contributed by atoms with Crippen LogP contribution in [0.25, 0.3) is 0 Å². The Labute approximate surface area is 298 Å². The smallest absolute Gasteiger partial charge is 0.274 e. The fraction of sp³-hybridized carbons (Fsp3) is 0.683. The van der Waals surface area contributed by atoms with Crippen molar-refractivity contribution in [3.8, 4) is 5.75 Å². The number of benzene rings is 2. The molecular weight excluding hydrogens is 631 g/mol. The Balaban J connectivity index is 1.19. The van der Waals surface area contributed by atoms with Gasteiger partial charge < -0.3 is 19.2 Å². The van der Waals surface area contributed by atoms with Gasteiger partial charge in [0.1, 0.15) is 5.75 Å². The highest BCUT2D eigenvalue weighted by Crippen LogP contribution is 2.70. The van der Waals surface area contributed by atoms with Crippen molar-refractivity contribution in [2.75, 3.05) is 26.4 Å². The van der Waals surface area contributed by atoms with Crippen LogP contribution >= 0.6 is 0 Å². The molecule has 2 aromatic carbocycles. The normalized spacial score (nSPS) is 21.8. The number of hydrogen-bond acceptors (Lipinski definition) is 6. The largest absolute Gasteiger partial charge is 0.542 e. The zero-order valence-corrected chi connectivity index (χ0v) is 33.0. The van der Waals surface area contributed by atoms with Crippen LogP contribution in [0.15, 0.2) is 48.5 Å². The molecule has 4 rings (SSSR count). The van der Waals surface area contributed by atoms with Crippen LogP contribution in [0, 0.1) is 10.8 Å². The summed E-state index contributed by atoms with van der Waals surface area (Å²) in [5.74, 6) is -0.0368. The van der Waals surface area contributed by atoms with Crippen LogP contribution in [0.4, 0.5) is 0 Å². The minimum absolute atomic E-state index is 0.111. The van der Waals surface area contributed by atoms with E-state index in [9.17, 15) is 4.79 Å². The van der Waals surface area contributed by atoms with Gasteiger partial charge in [0.05, 0.1) is 18.8 Å². The van der Waals surface area contributed by atoms with Crippen LogP contribution in [0.2, 0.25) is 13.1 Å². The van der Waals surface area contributed by atoms with Gasteiger partial charge in [-0.2, -0.15) is 4.89 Å². The first-order valence-electron chi connectivity index (χ1n) is 18.7. The number of carbonyl (C=O) groups excluding carboxylic acids is 1. The molecule has 2 heterocycles. The summed E-state index contributed by atoms with van der Waals surface area (Å²) in [4.78, 5) is 24.5. The summed E-state index contributed by atoms with van der Waals surface area (Å²) < 4.78 is 19.7. The molecule has 7 nitrogen and oxygen atoms in total. The zero-order valence-electron chi connectivity index (χ0n) is 32.0. The van der Waals surface area contributed by atoms with Gasteiger partial charge in [0.15, 0.2) is 5.60 Å². The van der Waals surface area contributed by atoms with Crippen LogP contribution in [-0.4, -0.2) is 46.9 Å². The maximum atomic E-state index is 12.1. The van der Waals surface area contributed by atoms with Crippen molar-refractivity contribution in [3.05, 3.63) is 65.2 Å². The molecule has 8 heteroatoms. The average Bonchev–Trinajstić information content (AvgIpc) is 3.18. The summed E-state index contributed by atoms with van der Waals surface area (Å²) in [5, 5.41) is 3.05. The summed E-state index contributed by atoms with van der Waals surface area (Å²) in [7, 11) is -1.06. The van der Waals surface area contributed by atoms with E-state index in [2.05, 4.69) is 97.2 Å². The molecule has 2 aliphatic heterocycles. The van der Waals surface area contributed by atoms with Crippen molar-refractivity contribution in [2.24, 2.45) is 10.8 Å². The number of rotatable bonds is 20.